The number of hydrogen-bond acceptors (Lipinski definition) is 6. The average Bonchev–Trinajstić information content (AvgIpc) is 3.09. The number of amides is 2. The minimum absolute atomic E-state index is 0.322. The van der Waals surface area contributed by atoms with Gasteiger partial charge in [0.2, 0.25) is 11.8 Å². The van der Waals surface area contributed by atoms with Crippen molar-refractivity contribution in [3.05, 3.63) is 105 Å². The third-order valence-electron chi connectivity index (χ3n) is 9.39. The van der Waals surface area contributed by atoms with Gasteiger partial charge in [-0.2, -0.15) is 0 Å². The van der Waals surface area contributed by atoms with E-state index in [9.17, 15) is 19.2 Å². The highest BCUT2D eigenvalue weighted by Gasteiger charge is 2.28. The van der Waals surface area contributed by atoms with E-state index in [2.05, 4.69) is 0 Å². The fourth-order valence-corrected chi connectivity index (χ4v) is 7.45. The molecule has 0 saturated carbocycles. The first-order valence-corrected chi connectivity index (χ1v) is 17.0. The summed E-state index contributed by atoms with van der Waals surface area (Å²) in [6.45, 7) is 1.57. The van der Waals surface area contributed by atoms with Gasteiger partial charge in [0.1, 0.15) is 0 Å². The van der Waals surface area contributed by atoms with E-state index in [1.54, 1.807) is 9.80 Å². The molecule has 12 heteroatoms. The van der Waals surface area contributed by atoms with Crippen molar-refractivity contribution in [2.24, 2.45) is 11.5 Å². The van der Waals surface area contributed by atoms with Crippen molar-refractivity contribution in [1.82, 2.24) is 9.80 Å². The molecule has 2 aliphatic rings. The van der Waals surface area contributed by atoms with E-state index in [1.807, 2.05) is 72.8 Å². The number of aliphatic carboxylic acids is 2. The standard InChI is InChI=1S/C38H36Cl2N4O6/c39-35-27(23-9-7-21-11-13-43(19-25(21)15-23)37(49)31(41)17-33(45)46)3-1-5-29(35)30-6-2-4-28(36(30)40)24-10-8-22-12-14-44(20-26(22)16-24)38(50)32(42)18-34(47)48/h1-10,15-16,31-32H,11-14,17-20,41-42H2,(H,45,46)(H,47,48)/t31-,32-/m0/s1. The van der Waals surface area contributed by atoms with Crippen LogP contribution in [0.15, 0.2) is 72.8 Å². The monoisotopic (exact) mass is 714 g/mol. The molecule has 0 radical (unpaired) electrons. The topological polar surface area (TPSA) is 167 Å². The number of nitrogens with two attached hydrogens (primary N) is 2. The largest absolute Gasteiger partial charge is 0.481 e. The third-order valence-corrected chi connectivity index (χ3v) is 10.2. The number of carboxylic acid groups (broad SMARTS) is 2. The number of carbonyl (C=O) groups excluding carboxylic acids is 2. The van der Waals surface area contributed by atoms with Crippen molar-refractivity contribution in [3.63, 3.8) is 0 Å². The molecule has 6 rings (SSSR count). The fourth-order valence-electron chi connectivity index (χ4n) is 6.77. The maximum absolute atomic E-state index is 12.9. The summed E-state index contributed by atoms with van der Waals surface area (Å²) >= 11 is 14.2. The molecule has 2 aliphatic heterocycles. The number of fused-ring (bicyclic) bond motifs is 2. The highest BCUT2D eigenvalue weighted by atomic mass is 35.5. The van der Waals surface area contributed by atoms with Gasteiger partial charge in [-0.05, 0) is 58.4 Å². The molecular weight excluding hydrogens is 679 g/mol. The molecule has 4 aromatic carbocycles. The number of hydrogen-bond donors (Lipinski definition) is 4. The minimum Gasteiger partial charge on any atom is -0.481 e. The van der Waals surface area contributed by atoms with E-state index in [1.165, 1.54) is 0 Å². The first-order valence-electron chi connectivity index (χ1n) is 16.2. The second kappa shape index (κ2) is 14.6. The van der Waals surface area contributed by atoms with Crippen molar-refractivity contribution >= 4 is 47.0 Å². The molecule has 4 aromatic rings. The van der Waals surface area contributed by atoms with Crippen molar-refractivity contribution in [3.8, 4) is 33.4 Å². The Labute approximate surface area is 299 Å². The number of nitrogens with zero attached hydrogens (tertiary/aromatic N) is 2. The quantitative estimate of drug-likeness (QED) is 0.180. The summed E-state index contributed by atoms with van der Waals surface area (Å²) in [4.78, 5) is 51.1. The van der Waals surface area contributed by atoms with Gasteiger partial charge >= 0.3 is 11.9 Å². The van der Waals surface area contributed by atoms with Gasteiger partial charge < -0.3 is 31.5 Å². The van der Waals surface area contributed by atoms with E-state index in [0.717, 1.165) is 55.6 Å². The van der Waals surface area contributed by atoms with Crippen LogP contribution in [0.5, 0.6) is 0 Å². The number of carbonyl (C=O) groups is 4. The molecule has 6 N–H and O–H groups in total. The summed E-state index contributed by atoms with van der Waals surface area (Å²) in [7, 11) is 0. The molecule has 0 fully saturated rings. The van der Waals surface area contributed by atoms with Crippen molar-refractivity contribution in [2.45, 2.75) is 50.9 Å². The van der Waals surface area contributed by atoms with Crippen LogP contribution in [0.3, 0.4) is 0 Å². The van der Waals surface area contributed by atoms with Crippen molar-refractivity contribution in [2.75, 3.05) is 13.1 Å². The van der Waals surface area contributed by atoms with E-state index in [-0.39, 0.29) is 11.8 Å². The van der Waals surface area contributed by atoms with Crippen LogP contribution in [0.25, 0.3) is 33.4 Å². The zero-order valence-corrected chi connectivity index (χ0v) is 28.6. The SMILES string of the molecule is N[C@@H](CC(=O)O)C(=O)N1CCc2ccc(-c3cccc(-c4cccc(-c5ccc6c(c5)CN(C(=O)[C@@H](N)CC(=O)O)CC6)c4Cl)c3Cl)cc2C1. The zero-order valence-electron chi connectivity index (χ0n) is 27.1. The van der Waals surface area contributed by atoms with Gasteiger partial charge in [0.25, 0.3) is 0 Å². The molecule has 0 aliphatic carbocycles. The summed E-state index contributed by atoms with van der Waals surface area (Å²) in [6.07, 6.45) is 0.414. The molecule has 0 bridgehead atoms. The van der Waals surface area contributed by atoms with E-state index in [0.29, 0.717) is 49.1 Å². The second-order valence-corrected chi connectivity index (χ2v) is 13.5. The Bertz CT molecular complexity index is 1870. The Balaban J connectivity index is 1.27. The van der Waals surface area contributed by atoms with Crippen LogP contribution in [0, 0.1) is 0 Å². The number of benzene rings is 4. The Hall–Kier alpha value is -4.74. The highest BCUT2D eigenvalue weighted by Crippen LogP contribution is 2.43. The summed E-state index contributed by atoms with van der Waals surface area (Å²) in [6, 6.07) is 21.4. The lowest BCUT2D eigenvalue weighted by Crippen LogP contribution is -2.46. The van der Waals surface area contributed by atoms with Crippen LogP contribution >= 0.6 is 23.2 Å². The third kappa shape index (κ3) is 7.25. The van der Waals surface area contributed by atoms with Crippen LogP contribution in [0.2, 0.25) is 10.0 Å². The van der Waals surface area contributed by atoms with Crippen LogP contribution in [0.1, 0.15) is 35.1 Å². The van der Waals surface area contributed by atoms with Crippen molar-refractivity contribution in [1.29, 1.82) is 0 Å². The molecule has 0 spiro atoms. The molecule has 2 amide bonds. The lowest BCUT2D eigenvalue weighted by atomic mass is 9.91. The van der Waals surface area contributed by atoms with Crippen LogP contribution < -0.4 is 11.5 Å². The van der Waals surface area contributed by atoms with E-state index in [4.69, 9.17) is 44.9 Å². The molecule has 10 nitrogen and oxygen atoms in total. The number of rotatable bonds is 9. The number of carboxylic acids is 2. The van der Waals surface area contributed by atoms with Gasteiger partial charge in [0.05, 0.1) is 35.0 Å². The van der Waals surface area contributed by atoms with E-state index >= 15 is 0 Å². The lowest BCUT2D eigenvalue weighted by Gasteiger charge is -2.31. The molecule has 2 heterocycles. The molecule has 0 aromatic heterocycles. The van der Waals surface area contributed by atoms with Crippen molar-refractivity contribution < 1.29 is 29.4 Å². The van der Waals surface area contributed by atoms with E-state index < -0.39 is 36.9 Å². The Kier molecular flexibility index (Phi) is 10.3. The van der Waals surface area contributed by atoms with Gasteiger partial charge in [0, 0.05) is 48.4 Å². The van der Waals surface area contributed by atoms with Gasteiger partial charge in [-0.15, -0.1) is 0 Å². The summed E-state index contributed by atoms with van der Waals surface area (Å²) < 4.78 is 0. The normalized spacial score (nSPS) is 15.1. The number of halogens is 2. The smallest absolute Gasteiger partial charge is 0.305 e. The predicted molar refractivity (Wildman–Crippen MR) is 191 cm³/mol. The molecule has 0 unspecified atom stereocenters. The molecule has 0 saturated heterocycles. The maximum Gasteiger partial charge on any atom is 0.305 e. The second-order valence-electron chi connectivity index (χ2n) is 12.7. The predicted octanol–water partition coefficient (Wildman–Crippen LogP) is 5.37. The average molecular weight is 716 g/mol. The Morgan fingerprint density at radius 1 is 0.600 bits per heavy atom. The first kappa shape index (κ1) is 35.1. The van der Waals surface area contributed by atoms with Gasteiger partial charge in [-0.1, -0.05) is 83.9 Å². The van der Waals surface area contributed by atoms with Crippen LogP contribution in [0.4, 0.5) is 0 Å². The molecule has 2 atom stereocenters. The summed E-state index contributed by atoms with van der Waals surface area (Å²) in [5, 5.41) is 19.2. The van der Waals surface area contributed by atoms with Gasteiger partial charge in [-0.3, -0.25) is 19.2 Å². The fraction of sp³-hybridized carbons (Fsp3) is 0.263. The molecule has 50 heavy (non-hydrogen) atoms. The van der Waals surface area contributed by atoms with Crippen LogP contribution in [-0.4, -0.2) is 68.9 Å². The lowest BCUT2D eigenvalue weighted by molar-refractivity contribution is -0.142. The molecular formula is C38H36Cl2N4O6. The Morgan fingerprint density at radius 3 is 1.36 bits per heavy atom. The molecule has 258 valence electrons. The summed E-state index contributed by atoms with van der Waals surface area (Å²) in [5.74, 6) is -3.00. The first-order chi connectivity index (χ1) is 23.9. The summed E-state index contributed by atoms with van der Waals surface area (Å²) in [5.41, 5.74) is 20.7. The zero-order chi connectivity index (χ0) is 35.7. The van der Waals surface area contributed by atoms with Gasteiger partial charge in [-0.25, -0.2) is 0 Å². The minimum atomic E-state index is -1.12. The van der Waals surface area contributed by atoms with Crippen LogP contribution in [-0.2, 0) is 45.1 Å². The maximum atomic E-state index is 12.9. The van der Waals surface area contributed by atoms with Gasteiger partial charge in [0.15, 0.2) is 0 Å². The Morgan fingerprint density at radius 2 is 0.980 bits per heavy atom. The highest BCUT2D eigenvalue weighted by molar-refractivity contribution is 6.39.